The molecule has 4 heterocycles. The molecule has 2 aliphatic heterocycles. The number of cyclic esters (lactones) is 1. The largest absolute Gasteiger partial charge is 0.457 e. The minimum Gasteiger partial charge on any atom is -0.457 e. The maximum Gasteiger partial charge on any atom is 0.355 e. The number of aromatic nitrogens is 2. The number of esters is 2. The summed E-state index contributed by atoms with van der Waals surface area (Å²) in [6.45, 7) is 1.86. The zero-order chi connectivity index (χ0) is 25.0. The van der Waals surface area contributed by atoms with Crippen LogP contribution in [0.1, 0.15) is 46.0 Å². The van der Waals surface area contributed by atoms with Gasteiger partial charge in [-0.15, -0.1) is 0 Å². The fourth-order valence-electron chi connectivity index (χ4n) is 4.98. The Balaban J connectivity index is 1.50. The fourth-order valence-corrected chi connectivity index (χ4v) is 4.98. The van der Waals surface area contributed by atoms with Crippen molar-refractivity contribution in [3.8, 4) is 17.5 Å². The normalized spacial score (nSPS) is 17.5. The number of nitrogens with zero attached hydrogens (tertiary/aromatic N) is 3. The third-order valence-corrected chi connectivity index (χ3v) is 6.90. The predicted octanol–water partition coefficient (Wildman–Crippen LogP) is 3.82. The topological polar surface area (TPSA) is 111 Å². The highest BCUT2D eigenvalue weighted by molar-refractivity contribution is 5.94. The van der Waals surface area contributed by atoms with Gasteiger partial charge < -0.3 is 14.0 Å². The first-order chi connectivity index (χ1) is 17.4. The molecule has 4 aromatic rings. The third kappa shape index (κ3) is 3.06. The molecule has 2 aromatic heterocycles. The first kappa shape index (κ1) is 21.7. The Hall–Kier alpha value is -4.77. The van der Waals surface area contributed by atoms with Gasteiger partial charge in [0.25, 0.3) is 5.56 Å². The van der Waals surface area contributed by atoms with Crippen LogP contribution in [0.15, 0.2) is 65.5 Å². The lowest BCUT2D eigenvalue weighted by Gasteiger charge is -2.35. The van der Waals surface area contributed by atoms with Gasteiger partial charge in [-0.25, -0.2) is 14.6 Å². The lowest BCUT2D eigenvalue weighted by Crippen LogP contribution is -2.47. The number of para-hydroxylation sites is 1. The maximum atomic E-state index is 13.6. The first-order valence-corrected chi connectivity index (χ1v) is 11.5. The van der Waals surface area contributed by atoms with E-state index in [0.29, 0.717) is 29.1 Å². The van der Waals surface area contributed by atoms with Crippen molar-refractivity contribution in [1.29, 1.82) is 5.26 Å². The van der Waals surface area contributed by atoms with E-state index < -0.39 is 17.5 Å². The highest BCUT2D eigenvalue weighted by Crippen LogP contribution is 2.41. The van der Waals surface area contributed by atoms with E-state index in [2.05, 4.69) is 0 Å². The lowest BCUT2D eigenvalue weighted by molar-refractivity contribution is -0.173. The zero-order valence-corrected chi connectivity index (χ0v) is 19.3. The second-order valence-corrected chi connectivity index (χ2v) is 8.84. The van der Waals surface area contributed by atoms with Crippen molar-refractivity contribution in [1.82, 2.24) is 9.55 Å². The van der Waals surface area contributed by atoms with Crippen molar-refractivity contribution < 1.29 is 19.1 Å². The van der Waals surface area contributed by atoms with E-state index in [1.165, 1.54) is 24.3 Å². The third-order valence-electron chi connectivity index (χ3n) is 6.90. The highest BCUT2D eigenvalue weighted by Gasteiger charge is 2.50. The Morgan fingerprint density at radius 1 is 1.17 bits per heavy atom. The number of carbonyl (C=O) groups is 2. The fraction of sp³-hybridized carbons (Fsp3) is 0.179. The summed E-state index contributed by atoms with van der Waals surface area (Å²) in [5.74, 6) is -1.48. The van der Waals surface area contributed by atoms with E-state index in [0.717, 1.165) is 16.5 Å². The number of fused-ring (bicyclic) bond motifs is 5. The molecule has 0 amide bonds. The van der Waals surface area contributed by atoms with Gasteiger partial charge in [0.15, 0.2) is 0 Å². The number of pyridine rings is 2. The number of rotatable bonds is 3. The van der Waals surface area contributed by atoms with E-state index in [1.807, 2.05) is 36.4 Å². The Morgan fingerprint density at radius 2 is 1.94 bits per heavy atom. The van der Waals surface area contributed by atoms with Gasteiger partial charge in [-0.05, 0) is 48.9 Å². The highest BCUT2D eigenvalue weighted by atomic mass is 16.6. The van der Waals surface area contributed by atoms with Crippen LogP contribution in [0.5, 0.6) is 0 Å². The van der Waals surface area contributed by atoms with Crippen molar-refractivity contribution in [3.05, 3.63) is 98.8 Å². The summed E-state index contributed by atoms with van der Waals surface area (Å²) < 4.78 is 12.8. The van der Waals surface area contributed by atoms with Crippen molar-refractivity contribution in [2.75, 3.05) is 0 Å². The molecule has 0 radical (unpaired) electrons. The molecule has 176 valence electrons. The van der Waals surface area contributed by atoms with Gasteiger partial charge in [-0.2, -0.15) is 5.26 Å². The average molecular weight is 477 g/mol. The monoisotopic (exact) mass is 477 g/mol. The van der Waals surface area contributed by atoms with Crippen molar-refractivity contribution in [3.63, 3.8) is 0 Å². The quantitative estimate of drug-likeness (QED) is 0.363. The molecule has 0 aliphatic carbocycles. The van der Waals surface area contributed by atoms with E-state index >= 15 is 0 Å². The first-order valence-electron chi connectivity index (χ1n) is 11.5. The number of ether oxygens (including phenoxy) is 2. The molecule has 0 saturated carbocycles. The van der Waals surface area contributed by atoms with Crippen molar-refractivity contribution in [2.45, 2.75) is 32.1 Å². The number of carbonyl (C=O) groups excluding carboxylic acids is 2. The van der Waals surface area contributed by atoms with Gasteiger partial charge in [-0.3, -0.25) is 4.79 Å². The number of benzene rings is 2. The number of hydrogen-bond acceptors (Lipinski definition) is 7. The van der Waals surface area contributed by atoms with Crippen LogP contribution in [0, 0.1) is 11.3 Å². The van der Waals surface area contributed by atoms with Crippen LogP contribution in [-0.4, -0.2) is 21.5 Å². The molecular weight excluding hydrogens is 458 g/mol. The van der Waals surface area contributed by atoms with Crippen LogP contribution >= 0.6 is 0 Å². The van der Waals surface area contributed by atoms with Crippen molar-refractivity contribution >= 4 is 22.8 Å². The second-order valence-electron chi connectivity index (χ2n) is 8.84. The summed E-state index contributed by atoms with van der Waals surface area (Å²) >= 11 is 0. The summed E-state index contributed by atoms with van der Waals surface area (Å²) in [6, 6.07) is 19.4. The molecule has 2 aromatic carbocycles. The van der Waals surface area contributed by atoms with Gasteiger partial charge in [0, 0.05) is 16.5 Å². The van der Waals surface area contributed by atoms with Crippen LogP contribution < -0.4 is 5.56 Å². The smallest absolute Gasteiger partial charge is 0.355 e. The van der Waals surface area contributed by atoms with Gasteiger partial charge in [0.2, 0.25) is 5.60 Å². The van der Waals surface area contributed by atoms with Crippen LogP contribution in [-0.2, 0) is 33.0 Å². The van der Waals surface area contributed by atoms with E-state index in [4.69, 9.17) is 19.7 Å². The van der Waals surface area contributed by atoms with Crippen molar-refractivity contribution in [2.24, 2.45) is 0 Å². The zero-order valence-electron chi connectivity index (χ0n) is 19.3. The minimum atomic E-state index is -1.78. The molecule has 0 saturated heterocycles. The summed E-state index contributed by atoms with van der Waals surface area (Å²) in [4.78, 5) is 44.6. The van der Waals surface area contributed by atoms with E-state index in [9.17, 15) is 14.4 Å². The summed E-state index contributed by atoms with van der Waals surface area (Å²) in [5.41, 5.74) is 2.02. The Kier molecular flexibility index (Phi) is 4.76. The Labute approximate surface area is 205 Å². The molecule has 36 heavy (non-hydrogen) atoms. The molecule has 2 aliphatic rings. The molecular formula is C28H19N3O5. The standard InChI is InChI=1S/C28H19N3O5/c1-2-28(36-26(33)17-9-7-16(13-29)8-10-17)21-12-23-24-19(11-18-5-3-4-6-22(18)30-24)14-31(23)25(32)20(21)15-35-27(28)34/h3-12H,2,14-15H2,1H3/t28-/m0/s1. The molecule has 8 nitrogen and oxygen atoms in total. The summed E-state index contributed by atoms with van der Waals surface area (Å²) in [6.07, 6.45) is 0.0712. The molecule has 0 bridgehead atoms. The molecule has 1 atom stereocenters. The lowest BCUT2D eigenvalue weighted by atomic mass is 9.85. The molecule has 0 unspecified atom stereocenters. The van der Waals surface area contributed by atoms with Gasteiger partial charge in [0.1, 0.15) is 6.61 Å². The minimum absolute atomic E-state index is 0.0712. The van der Waals surface area contributed by atoms with Crippen LogP contribution in [0.4, 0.5) is 0 Å². The molecule has 0 N–H and O–H groups in total. The molecule has 8 heteroatoms. The predicted molar refractivity (Wildman–Crippen MR) is 129 cm³/mol. The number of nitriles is 1. The molecule has 6 rings (SSSR count). The van der Waals surface area contributed by atoms with Gasteiger partial charge in [-0.1, -0.05) is 25.1 Å². The molecule has 0 fully saturated rings. The summed E-state index contributed by atoms with van der Waals surface area (Å²) in [5, 5.41) is 9.99. The van der Waals surface area contributed by atoms with E-state index in [1.54, 1.807) is 17.6 Å². The maximum absolute atomic E-state index is 13.6. The van der Waals surface area contributed by atoms with Crippen LogP contribution in [0.3, 0.4) is 0 Å². The average Bonchev–Trinajstić information content (AvgIpc) is 3.27. The van der Waals surface area contributed by atoms with E-state index in [-0.39, 0.29) is 29.7 Å². The summed E-state index contributed by atoms with van der Waals surface area (Å²) in [7, 11) is 0. The Bertz CT molecular complexity index is 1700. The van der Waals surface area contributed by atoms with Crippen LogP contribution in [0.25, 0.3) is 22.3 Å². The SMILES string of the molecule is CC[C@@]1(OC(=O)c2ccc(C#N)cc2)C(=O)OCc2c1cc1n(c2=O)Cc2cc3ccccc3nc2-1. The Morgan fingerprint density at radius 3 is 2.69 bits per heavy atom. The number of hydrogen-bond donors (Lipinski definition) is 0. The molecule has 0 spiro atoms. The van der Waals surface area contributed by atoms with Gasteiger partial charge in [0.05, 0.1) is 46.2 Å². The second kappa shape index (κ2) is 7.89. The van der Waals surface area contributed by atoms with Crippen LogP contribution in [0.2, 0.25) is 0 Å². The van der Waals surface area contributed by atoms with Gasteiger partial charge >= 0.3 is 11.9 Å².